The van der Waals surface area contributed by atoms with E-state index in [4.69, 9.17) is 15.2 Å². The van der Waals surface area contributed by atoms with Gasteiger partial charge in [0.05, 0.1) is 19.4 Å². The second kappa shape index (κ2) is 5.39. The molecule has 0 amide bonds. The van der Waals surface area contributed by atoms with Gasteiger partial charge >= 0.3 is 0 Å². The third-order valence-electron chi connectivity index (χ3n) is 2.02. The van der Waals surface area contributed by atoms with Crippen LogP contribution in [0, 0.1) is 5.92 Å². The number of hydrogen-bond acceptors (Lipinski definition) is 4. The van der Waals surface area contributed by atoms with Gasteiger partial charge in [0.15, 0.2) is 11.5 Å². The molecule has 1 rings (SSSR count). The minimum absolute atomic E-state index is 0.398. The molecular weight excluding hydrogens is 206 g/mol. The molecule has 0 spiro atoms. The molecule has 0 aliphatic carbocycles. The first-order valence-electron chi connectivity index (χ1n) is 5.14. The summed E-state index contributed by atoms with van der Waals surface area (Å²) in [6.07, 6.45) is 0.727. The van der Waals surface area contributed by atoms with E-state index in [0.29, 0.717) is 35.3 Å². The Morgan fingerprint density at radius 2 is 2.12 bits per heavy atom. The van der Waals surface area contributed by atoms with Crippen molar-refractivity contribution >= 4 is 12.0 Å². The van der Waals surface area contributed by atoms with Crippen molar-refractivity contribution in [3.63, 3.8) is 0 Å². The van der Waals surface area contributed by atoms with Gasteiger partial charge < -0.3 is 15.2 Å². The molecule has 0 saturated heterocycles. The van der Waals surface area contributed by atoms with Crippen LogP contribution in [-0.2, 0) is 0 Å². The van der Waals surface area contributed by atoms with Gasteiger partial charge in [-0.2, -0.15) is 0 Å². The summed E-state index contributed by atoms with van der Waals surface area (Å²) < 4.78 is 10.7. The summed E-state index contributed by atoms with van der Waals surface area (Å²) >= 11 is 0. The standard InChI is InChI=1S/C12H17NO3/c1-8(2)7-16-12-10(13)4-9(6-14)5-11(12)15-3/h4-6,8H,7,13H2,1-3H3. The molecule has 0 atom stereocenters. The van der Waals surface area contributed by atoms with E-state index in [1.54, 1.807) is 12.1 Å². The molecule has 16 heavy (non-hydrogen) atoms. The minimum atomic E-state index is 0.398. The Hall–Kier alpha value is -1.71. The molecule has 2 N–H and O–H groups in total. The van der Waals surface area contributed by atoms with Crippen LogP contribution in [0.4, 0.5) is 5.69 Å². The van der Waals surface area contributed by atoms with Crippen LogP contribution in [0.25, 0.3) is 0 Å². The summed E-state index contributed by atoms with van der Waals surface area (Å²) in [4.78, 5) is 10.7. The number of carbonyl (C=O) groups is 1. The van der Waals surface area contributed by atoms with E-state index < -0.39 is 0 Å². The molecule has 4 heteroatoms. The lowest BCUT2D eigenvalue weighted by molar-refractivity contribution is 0.112. The predicted molar refractivity (Wildman–Crippen MR) is 63.1 cm³/mol. The van der Waals surface area contributed by atoms with E-state index in [9.17, 15) is 4.79 Å². The largest absolute Gasteiger partial charge is 0.493 e. The molecule has 0 radical (unpaired) electrons. The third kappa shape index (κ3) is 2.89. The topological polar surface area (TPSA) is 61.5 Å². The molecule has 0 aromatic heterocycles. The van der Waals surface area contributed by atoms with Gasteiger partial charge in [-0.05, 0) is 18.1 Å². The molecule has 0 bridgehead atoms. The zero-order valence-corrected chi connectivity index (χ0v) is 9.82. The first-order chi connectivity index (χ1) is 7.58. The van der Waals surface area contributed by atoms with Crippen LogP contribution in [-0.4, -0.2) is 20.0 Å². The van der Waals surface area contributed by atoms with Gasteiger partial charge in [0.2, 0.25) is 0 Å². The Balaban J connectivity index is 3.01. The summed E-state index contributed by atoms with van der Waals surface area (Å²) in [5.41, 5.74) is 6.69. The van der Waals surface area contributed by atoms with Crippen molar-refractivity contribution in [2.75, 3.05) is 19.5 Å². The fraction of sp³-hybridized carbons (Fsp3) is 0.417. The maximum Gasteiger partial charge on any atom is 0.184 e. The van der Waals surface area contributed by atoms with Crippen LogP contribution in [0.15, 0.2) is 12.1 Å². The van der Waals surface area contributed by atoms with Gasteiger partial charge in [-0.3, -0.25) is 4.79 Å². The number of carbonyl (C=O) groups excluding carboxylic acids is 1. The first-order valence-corrected chi connectivity index (χ1v) is 5.14. The van der Waals surface area contributed by atoms with Crippen molar-refractivity contribution in [1.82, 2.24) is 0 Å². The minimum Gasteiger partial charge on any atom is -0.493 e. The van der Waals surface area contributed by atoms with Crippen LogP contribution in [0.1, 0.15) is 24.2 Å². The maximum atomic E-state index is 10.7. The molecule has 0 heterocycles. The predicted octanol–water partition coefficient (Wildman–Crippen LogP) is 2.12. The monoisotopic (exact) mass is 223 g/mol. The second-order valence-corrected chi connectivity index (χ2v) is 3.96. The smallest absolute Gasteiger partial charge is 0.184 e. The van der Waals surface area contributed by atoms with Gasteiger partial charge in [-0.15, -0.1) is 0 Å². The van der Waals surface area contributed by atoms with Crippen molar-refractivity contribution in [3.05, 3.63) is 17.7 Å². The normalized spacial score (nSPS) is 10.2. The fourth-order valence-electron chi connectivity index (χ4n) is 1.27. The van der Waals surface area contributed by atoms with Crippen molar-refractivity contribution < 1.29 is 14.3 Å². The lowest BCUT2D eigenvalue weighted by atomic mass is 10.2. The summed E-state index contributed by atoms with van der Waals surface area (Å²) in [7, 11) is 1.52. The Morgan fingerprint density at radius 3 is 2.62 bits per heavy atom. The number of methoxy groups -OCH3 is 1. The van der Waals surface area contributed by atoms with E-state index in [1.165, 1.54) is 7.11 Å². The number of nitrogens with two attached hydrogens (primary N) is 1. The zero-order chi connectivity index (χ0) is 12.1. The average Bonchev–Trinajstić information content (AvgIpc) is 2.26. The summed E-state index contributed by atoms with van der Waals surface area (Å²) in [5.74, 6) is 1.39. The molecule has 0 fully saturated rings. The van der Waals surface area contributed by atoms with E-state index in [-0.39, 0.29) is 0 Å². The molecular formula is C12H17NO3. The van der Waals surface area contributed by atoms with Gasteiger partial charge in [-0.1, -0.05) is 13.8 Å². The van der Waals surface area contributed by atoms with Crippen molar-refractivity contribution in [2.45, 2.75) is 13.8 Å². The Kier molecular flexibility index (Phi) is 4.17. The fourth-order valence-corrected chi connectivity index (χ4v) is 1.27. The maximum absolute atomic E-state index is 10.7. The van der Waals surface area contributed by atoms with Crippen LogP contribution in [0.5, 0.6) is 11.5 Å². The highest BCUT2D eigenvalue weighted by Gasteiger charge is 2.11. The number of anilines is 1. The van der Waals surface area contributed by atoms with Crippen molar-refractivity contribution in [2.24, 2.45) is 5.92 Å². The number of ether oxygens (including phenoxy) is 2. The lowest BCUT2D eigenvalue weighted by Crippen LogP contribution is -2.07. The average molecular weight is 223 g/mol. The van der Waals surface area contributed by atoms with E-state index in [1.807, 2.05) is 13.8 Å². The highest BCUT2D eigenvalue weighted by Crippen LogP contribution is 2.34. The molecule has 0 aliphatic rings. The molecule has 88 valence electrons. The summed E-state index contributed by atoms with van der Waals surface area (Å²) in [5, 5.41) is 0. The molecule has 0 aliphatic heterocycles. The number of hydrogen-bond donors (Lipinski definition) is 1. The van der Waals surface area contributed by atoms with Gasteiger partial charge in [-0.25, -0.2) is 0 Å². The highest BCUT2D eigenvalue weighted by molar-refractivity contribution is 5.80. The van der Waals surface area contributed by atoms with Crippen LogP contribution >= 0.6 is 0 Å². The Bertz CT molecular complexity index is 375. The van der Waals surface area contributed by atoms with Gasteiger partial charge in [0.25, 0.3) is 0 Å². The van der Waals surface area contributed by atoms with Gasteiger partial charge in [0.1, 0.15) is 6.29 Å². The Labute approximate surface area is 95.3 Å². The SMILES string of the molecule is COc1cc(C=O)cc(N)c1OCC(C)C. The molecule has 1 aromatic rings. The Morgan fingerprint density at radius 1 is 1.44 bits per heavy atom. The van der Waals surface area contributed by atoms with Crippen LogP contribution in [0.2, 0.25) is 0 Å². The van der Waals surface area contributed by atoms with Crippen LogP contribution in [0.3, 0.4) is 0 Å². The number of rotatable bonds is 5. The first kappa shape index (κ1) is 12.4. The highest BCUT2D eigenvalue weighted by atomic mass is 16.5. The van der Waals surface area contributed by atoms with Crippen LogP contribution < -0.4 is 15.2 Å². The molecule has 0 saturated carbocycles. The number of aldehydes is 1. The van der Waals surface area contributed by atoms with Gasteiger partial charge in [0, 0.05) is 5.56 Å². The lowest BCUT2D eigenvalue weighted by Gasteiger charge is -2.14. The third-order valence-corrected chi connectivity index (χ3v) is 2.02. The molecule has 4 nitrogen and oxygen atoms in total. The van der Waals surface area contributed by atoms with E-state index in [0.717, 1.165) is 6.29 Å². The second-order valence-electron chi connectivity index (χ2n) is 3.96. The number of nitrogen functional groups attached to an aromatic ring is 1. The zero-order valence-electron chi connectivity index (χ0n) is 9.82. The van der Waals surface area contributed by atoms with E-state index in [2.05, 4.69) is 0 Å². The van der Waals surface area contributed by atoms with Crippen molar-refractivity contribution in [1.29, 1.82) is 0 Å². The number of benzene rings is 1. The molecule has 0 unspecified atom stereocenters. The van der Waals surface area contributed by atoms with Crippen molar-refractivity contribution in [3.8, 4) is 11.5 Å². The summed E-state index contributed by atoms with van der Waals surface area (Å²) in [6.45, 7) is 4.64. The quantitative estimate of drug-likeness (QED) is 0.613. The summed E-state index contributed by atoms with van der Waals surface area (Å²) in [6, 6.07) is 3.18. The molecule has 1 aromatic carbocycles. The van der Waals surface area contributed by atoms with E-state index >= 15 is 0 Å².